The van der Waals surface area contributed by atoms with E-state index in [1.165, 1.54) is 143 Å². The second-order valence-corrected chi connectivity index (χ2v) is 29.7. The summed E-state index contributed by atoms with van der Waals surface area (Å²) in [7, 11) is 0. The molecule has 1 spiro atoms. The highest BCUT2D eigenvalue weighted by atomic mass is 32.1. The molecule has 4 aliphatic rings. The highest BCUT2D eigenvalue weighted by molar-refractivity contribution is 7.26. The molecule has 3 heteroatoms. The molecular weight excluding hydrogens is 1270 g/mol. The van der Waals surface area contributed by atoms with Crippen LogP contribution in [0.1, 0.15) is 77.9 Å². The monoisotopic (exact) mass is 1340 g/mol. The van der Waals surface area contributed by atoms with Crippen molar-refractivity contribution in [3.63, 3.8) is 0 Å². The van der Waals surface area contributed by atoms with Gasteiger partial charge >= 0.3 is 0 Å². The van der Waals surface area contributed by atoms with Gasteiger partial charge in [0.05, 0.1) is 21.9 Å². The van der Waals surface area contributed by atoms with Gasteiger partial charge in [-0.05, 0) is 215 Å². The minimum Gasteiger partial charge on any atom is -0.310 e. The summed E-state index contributed by atoms with van der Waals surface area (Å²) in [4.78, 5) is 5.04. The molecule has 0 fully saturated rings. The fourth-order valence-electron chi connectivity index (χ4n) is 19.1. The maximum Gasteiger partial charge on any atom is 0.0726 e. The SMILES string of the molecule is Cc1ccc2c(c1)C(c1ccccc1)(c1ccccc1)c1cc(N(c3ccc(-c4ccc(N(c5ccc6c(c5)C5(c7ccccc7-c7ccccc75)c5ccccc5-6)c5cccc6sc7ccccc7c56)cc4)cc3)c3ccc4c(c3)C(c3ccccc3)(c3ccccc3)c3cc(C)ccc3-4)ccc1-2. The van der Waals surface area contributed by atoms with Crippen LogP contribution in [0.2, 0.25) is 0 Å². The second kappa shape index (κ2) is 23.2. The fraction of sp³-hybridized carbons (Fsp3) is 0.0495. The van der Waals surface area contributed by atoms with E-state index in [1.54, 1.807) is 0 Å². The molecule has 0 bridgehead atoms. The first kappa shape index (κ1) is 60.1. The lowest BCUT2D eigenvalue weighted by molar-refractivity contribution is 0.766. The van der Waals surface area contributed by atoms with Gasteiger partial charge in [-0.1, -0.05) is 308 Å². The van der Waals surface area contributed by atoms with Gasteiger partial charge in [-0.15, -0.1) is 11.3 Å². The molecule has 4 aliphatic carbocycles. The Hall–Kier alpha value is -12.7. The number of thiophene rings is 1. The maximum atomic E-state index is 2.52. The average molecular weight is 1340 g/mol. The number of nitrogens with zero attached hydrogens (tertiary/aromatic N) is 2. The number of benzene rings is 16. The molecule has 0 radical (unpaired) electrons. The summed E-state index contributed by atoms with van der Waals surface area (Å²) in [6.07, 6.45) is 0. The maximum absolute atomic E-state index is 2.52. The molecule has 17 aromatic rings. The molecule has 21 rings (SSSR count). The van der Waals surface area contributed by atoms with E-state index in [0.717, 1.165) is 45.3 Å². The van der Waals surface area contributed by atoms with Crippen molar-refractivity contribution in [2.24, 2.45) is 0 Å². The van der Waals surface area contributed by atoms with Gasteiger partial charge in [0.25, 0.3) is 0 Å². The quantitative estimate of drug-likeness (QED) is 0.127. The Morgan fingerprint density at radius 3 is 0.971 bits per heavy atom. The third-order valence-corrected chi connectivity index (χ3v) is 24.5. The Kier molecular flexibility index (Phi) is 13.4. The Morgan fingerprint density at radius 1 is 0.221 bits per heavy atom. The first-order chi connectivity index (χ1) is 51.4. The van der Waals surface area contributed by atoms with Crippen molar-refractivity contribution in [1.29, 1.82) is 0 Å². The topological polar surface area (TPSA) is 6.48 Å². The Morgan fingerprint density at radius 2 is 0.538 bits per heavy atom. The summed E-state index contributed by atoms with van der Waals surface area (Å²) >= 11 is 1.87. The zero-order chi connectivity index (χ0) is 68.8. The average Bonchev–Trinajstić information content (AvgIpc) is 1.51. The van der Waals surface area contributed by atoms with Gasteiger partial charge in [-0.25, -0.2) is 0 Å². The van der Waals surface area contributed by atoms with Crippen LogP contribution in [0, 0.1) is 13.8 Å². The van der Waals surface area contributed by atoms with Crippen molar-refractivity contribution >= 4 is 65.6 Å². The van der Waals surface area contributed by atoms with Crippen LogP contribution in [-0.4, -0.2) is 0 Å². The fourth-order valence-corrected chi connectivity index (χ4v) is 20.2. The minimum atomic E-state index is -0.604. The van der Waals surface area contributed by atoms with Crippen molar-refractivity contribution in [3.8, 4) is 55.6 Å². The summed E-state index contributed by atoms with van der Waals surface area (Å²) in [5.74, 6) is 0. The van der Waals surface area contributed by atoms with Crippen LogP contribution in [0.15, 0.2) is 376 Å². The van der Waals surface area contributed by atoms with Gasteiger partial charge in [0.1, 0.15) is 0 Å². The largest absolute Gasteiger partial charge is 0.310 e. The van der Waals surface area contributed by atoms with E-state index in [2.05, 4.69) is 400 Å². The normalized spacial score (nSPS) is 13.9. The number of aryl methyl sites for hydroxylation is 2. The molecule has 104 heavy (non-hydrogen) atoms. The first-order valence-electron chi connectivity index (χ1n) is 36.3. The number of rotatable bonds is 11. The molecule has 0 aliphatic heterocycles. The van der Waals surface area contributed by atoms with E-state index in [-0.39, 0.29) is 0 Å². The molecule has 0 amide bonds. The van der Waals surface area contributed by atoms with E-state index in [0.29, 0.717) is 0 Å². The highest BCUT2D eigenvalue weighted by Crippen LogP contribution is 2.65. The molecular formula is C101H68N2S. The van der Waals surface area contributed by atoms with Crippen molar-refractivity contribution in [2.75, 3.05) is 9.80 Å². The summed E-state index contributed by atoms with van der Waals surface area (Å²) in [6.45, 7) is 4.46. The van der Waals surface area contributed by atoms with Crippen LogP contribution in [0.25, 0.3) is 75.8 Å². The zero-order valence-corrected chi connectivity index (χ0v) is 58.4. The minimum absolute atomic E-state index is 0.492. The van der Waals surface area contributed by atoms with Crippen molar-refractivity contribution in [3.05, 3.63) is 454 Å². The summed E-state index contributed by atoms with van der Waals surface area (Å²) in [5.41, 5.74) is 35.2. The van der Waals surface area contributed by atoms with E-state index < -0.39 is 16.2 Å². The molecule has 0 saturated heterocycles. The van der Waals surface area contributed by atoms with Crippen molar-refractivity contribution in [1.82, 2.24) is 0 Å². The molecule has 0 N–H and O–H groups in total. The van der Waals surface area contributed by atoms with Gasteiger partial charge in [0, 0.05) is 48.6 Å². The standard InChI is InChI=1S/C101H68N2S/c1-65-42-55-81-84-57-52-75(62-92(84)99(90(81)60-65,69-24-7-3-8-25-69)70-26-9-4-10-27-70)102(76-53-58-85-82-56-43-66(2)61-91(82)100(93(85)63-76,71-28-11-5-12-29-71)72-30-13-6-14-31-72)73-48-44-67(45-49-73)68-46-50-74(51-47-68)103(95-39-23-41-97-98(95)86-35-18-22-40-96(86)104-97)77-54-59-83-80-34-17-21-38-89(80)101(94(83)64-77)87-36-19-15-32-78(87)79-33-16-20-37-88(79)101/h3-64H,1-2H3. The van der Waals surface area contributed by atoms with E-state index >= 15 is 0 Å². The molecule has 488 valence electrons. The first-order valence-corrected chi connectivity index (χ1v) is 37.1. The lowest BCUT2D eigenvalue weighted by atomic mass is 9.67. The molecule has 16 aromatic carbocycles. The van der Waals surface area contributed by atoms with Crippen LogP contribution < -0.4 is 9.80 Å². The second-order valence-electron chi connectivity index (χ2n) is 28.7. The Labute approximate surface area is 611 Å². The smallest absolute Gasteiger partial charge is 0.0726 e. The van der Waals surface area contributed by atoms with Crippen LogP contribution in [-0.2, 0) is 16.2 Å². The number of hydrogen-bond acceptors (Lipinski definition) is 3. The van der Waals surface area contributed by atoms with Crippen LogP contribution >= 0.6 is 11.3 Å². The number of anilines is 6. The van der Waals surface area contributed by atoms with E-state index in [1.807, 2.05) is 11.3 Å². The predicted octanol–water partition coefficient (Wildman–Crippen LogP) is 26.3. The van der Waals surface area contributed by atoms with Crippen molar-refractivity contribution < 1.29 is 0 Å². The van der Waals surface area contributed by atoms with Gasteiger partial charge in [-0.3, -0.25) is 0 Å². The molecule has 0 unspecified atom stereocenters. The number of fused-ring (bicyclic) bond motifs is 19. The van der Waals surface area contributed by atoms with Crippen molar-refractivity contribution in [2.45, 2.75) is 30.1 Å². The summed E-state index contributed by atoms with van der Waals surface area (Å²) in [5, 5.41) is 2.52. The number of hydrogen-bond donors (Lipinski definition) is 0. The Balaban J connectivity index is 0.737. The van der Waals surface area contributed by atoms with Gasteiger partial charge < -0.3 is 9.80 Å². The van der Waals surface area contributed by atoms with Crippen LogP contribution in [0.3, 0.4) is 0 Å². The Bertz CT molecular complexity index is 5980. The van der Waals surface area contributed by atoms with Gasteiger partial charge in [-0.2, -0.15) is 0 Å². The molecule has 1 heterocycles. The van der Waals surface area contributed by atoms with Gasteiger partial charge in [0.2, 0.25) is 0 Å². The van der Waals surface area contributed by atoms with Crippen LogP contribution in [0.4, 0.5) is 34.1 Å². The predicted molar refractivity (Wildman–Crippen MR) is 435 cm³/mol. The third kappa shape index (κ3) is 8.50. The molecule has 1 aromatic heterocycles. The summed E-state index contributed by atoms with van der Waals surface area (Å²) < 4.78 is 2.55. The van der Waals surface area contributed by atoms with E-state index in [4.69, 9.17) is 0 Å². The molecule has 2 nitrogen and oxygen atoms in total. The van der Waals surface area contributed by atoms with Crippen LogP contribution in [0.5, 0.6) is 0 Å². The zero-order valence-electron chi connectivity index (χ0n) is 57.6. The lowest BCUT2D eigenvalue weighted by Crippen LogP contribution is -2.29. The summed E-state index contributed by atoms with van der Waals surface area (Å²) in [6, 6.07) is 143. The molecule has 0 atom stereocenters. The lowest BCUT2D eigenvalue weighted by Gasteiger charge is -2.36. The van der Waals surface area contributed by atoms with Gasteiger partial charge in [0.15, 0.2) is 0 Å². The molecule has 0 saturated carbocycles. The highest BCUT2D eigenvalue weighted by Gasteiger charge is 2.53. The third-order valence-electron chi connectivity index (χ3n) is 23.3. The van der Waals surface area contributed by atoms with E-state index in [9.17, 15) is 0 Å².